The van der Waals surface area contributed by atoms with Crippen LogP contribution in [0.5, 0.6) is 0 Å². The van der Waals surface area contributed by atoms with Crippen molar-refractivity contribution in [3.63, 3.8) is 0 Å². The van der Waals surface area contributed by atoms with Gasteiger partial charge >= 0.3 is 6.18 Å². The molecule has 1 aliphatic rings. The van der Waals surface area contributed by atoms with E-state index in [0.717, 1.165) is 48.2 Å². The topological polar surface area (TPSA) is 50.7 Å². The predicted molar refractivity (Wildman–Crippen MR) is 115 cm³/mol. The van der Waals surface area contributed by atoms with Crippen LogP contribution in [0.3, 0.4) is 0 Å². The summed E-state index contributed by atoms with van der Waals surface area (Å²) in [6.07, 6.45) is 1.58. The largest absolute Gasteiger partial charge is 0.416 e. The number of benzene rings is 1. The van der Waals surface area contributed by atoms with E-state index in [4.69, 9.17) is 9.97 Å². The molecule has 0 bridgehead atoms. The average molecular weight is 426 g/mol. The first kappa shape index (κ1) is 21.3. The number of aromatic nitrogens is 3. The molecule has 162 valence electrons. The Morgan fingerprint density at radius 3 is 2.52 bits per heavy atom. The molecule has 0 saturated carbocycles. The third-order valence-corrected chi connectivity index (χ3v) is 5.87. The highest BCUT2D eigenvalue weighted by molar-refractivity contribution is 5.65. The van der Waals surface area contributed by atoms with Crippen molar-refractivity contribution in [1.29, 1.82) is 0 Å². The number of rotatable bonds is 3. The molecule has 2 heterocycles. The number of halogens is 3. The molecular formula is C24H25F3N4. The van der Waals surface area contributed by atoms with Gasteiger partial charge in [-0.2, -0.15) is 13.2 Å². The Morgan fingerprint density at radius 1 is 1.03 bits per heavy atom. The summed E-state index contributed by atoms with van der Waals surface area (Å²) in [5.74, 6) is 1.53. The molecule has 0 aliphatic heterocycles. The quantitative estimate of drug-likeness (QED) is 0.523. The van der Waals surface area contributed by atoms with Gasteiger partial charge in [0.2, 0.25) is 0 Å². The van der Waals surface area contributed by atoms with E-state index in [2.05, 4.69) is 31.1 Å². The van der Waals surface area contributed by atoms with Crippen molar-refractivity contribution >= 4 is 11.5 Å². The van der Waals surface area contributed by atoms with Crippen molar-refractivity contribution < 1.29 is 13.2 Å². The summed E-state index contributed by atoms with van der Waals surface area (Å²) in [6.45, 7) is 6.65. The van der Waals surface area contributed by atoms with Crippen LogP contribution in [0, 0.1) is 11.3 Å². The van der Waals surface area contributed by atoms with Crippen LogP contribution in [-0.4, -0.2) is 15.0 Å². The second kappa shape index (κ2) is 7.94. The number of pyridine rings is 1. The summed E-state index contributed by atoms with van der Waals surface area (Å²) < 4.78 is 39.6. The van der Waals surface area contributed by atoms with Gasteiger partial charge < -0.3 is 5.32 Å². The summed E-state index contributed by atoms with van der Waals surface area (Å²) in [6, 6.07) is 8.90. The highest BCUT2D eigenvalue weighted by Crippen LogP contribution is 2.40. The molecule has 2 aromatic heterocycles. The summed E-state index contributed by atoms with van der Waals surface area (Å²) in [4.78, 5) is 13.6. The first-order valence-corrected chi connectivity index (χ1v) is 10.4. The zero-order valence-corrected chi connectivity index (χ0v) is 17.8. The Bertz CT molecular complexity index is 1070. The molecule has 4 nitrogen and oxygen atoms in total. The van der Waals surface area contributed by atoms with E-state index in [1.165, 1.54) is 6.07 Å². The van der Waals surface area contributed by atoms with Crippen molar-refractivity contribution in [1.82, 2.24) is 15.0 Å². The van der Waals surface area contributed by atoms with Gasteiger partial charge in [-0.15, -0.1) is 0 Å². The number of nitrogens with zero attached hydrogens (tertiary/aromatic N) is 3. The SMILES string of the molecule is CC(C)(C)[C@H]1CCc2nc(-c3cccnc3)nc(Nc3cccc(C(F)(F)F)c3)c2C1. The molecule has 0 radical (unpaired) electrons. The minimum Gasteiger partial charge on any atom is -0.340 e. The lowest BCUT2D eigenvalue weighted by molar-refractivity contribution is -0.137. The van der Waals surface area contributed by atoms with Crippen molar-refractivity contribution in [3.8, 4) is 11.4 Å². The maximum atomic E-state index is 13.2. The van der Waals surface area contributed by atoms with Crippen LogP contribution in [0.4, 0.5) is 24.7 Å². The number of hydrogen-bond donors (Lipinski definition) is 1. The van der Waals surface area contributed by atoms with Gasteiger partial charge in [0.05, 0.1) is 5.56 Å². The fourth-order valence-electron chi connectivity index (χ4n) is 3.99. The normalized spacial score (nSPS) is 16.6. The van der Waals surface area contributed by atoms with Gasteiger partial charge in [-0.25, -0.2) is 9.97 Å². The number of anilines is 2. The Hall–Kier alpha value is -2.96. The summed E-state index contributed by atoms with van der Waals surface area (Å²) in [7, 11) is 0. The Kier molecular flexibility index (Phi) is 5.45. The van der Waals surface area contributed by atoms with E-state index in [0.29, 0.717) is 23.2 Å². The Labute approximate surface area is 180 Å². The first-order valence-electron chi connectivity index (χ1n) is 10.4. The van der Waals surface area contributed by atoms with Gasteiger partial charge in [0.15, 0.2) is 5.82 Å². The highest BCUT2D eigenvalue weighted by atomic mass is 19.4. The van der Waals surface area contributed by atoms with Crippen molar-refractivity contribution in [3.05, 3.63) is 65.6 Å². The molecule has 0 unspecified atom stereocenters. The fourth-order valence-corrected chi connectivity index (χ4v) is 3.99. The van der Waals surface area contributed by atoms with E-state index >= 15 is 0 Å². The lowest BCUT2D eigenvalue weighted by Gasteiger charge is -2.35. The van der Waals surface area contributed by atoms with Crippen LogP contribution < -0.4 is 5.32 Å². The average Bonchev–Trinajstić information content (AvgIpc) is 2.73. The first-order chi connectivity index (χ1) is 14.6. The van der Waals surface area contributed by atoms with Gasteiger partial charge in [0, 0.05) is 34.9 Å². The molecule has 1 atom stereocenters. The minimum absolute atomic E-state index is 0.118. The Morgan fingerprint density at radius 2 is 1.84 bits per heavy atom. The smallest absolute Gasteiger partial charge is 0.340 e. The molecule has 0 amide bonds. The number of hydrogen-bond acceptors (Lipinski definition) is 4. The second-order valence-corrected chi connectivity index (χ2v) is 9.07. The standard InChI is InChI=1S/C24H25F3N4/c1-23(2,3)16-9-10-20-19(13-16)22(31-21(30-20)15-6-5-11-28-14-15)29-18-8-4-7-17(12-18)24(25,26)27/h4-8,11-12,14,16H,9-10,13H2,1-3H3,(H,29,30,31)/t16-/m0/s1. The highest BCUT2D eigenvalue weighted by Gasteiger charge is 2.33. The molecule has 0 fully saturated rings. The molecule has 4 rings (SSSR count). The van der Waals surface area contributed by atoms with E-state index in [1.807, 2.05) is 12.1 Å². The van der Waals surface area contributed by atoms with Crippen LogP contribution in [0.25, 0.3) is 11.4 Å². The lowest BCUT2D eigenvalue weighted by Crippen LogP contribution is -2.28. The maximum absolute atomic E-state index is 13.2. The van der Waals surface area contributed by atoms with Crippen molar-refractivity contribution in [2.24, 2.45) is 11.3 Å². The number of aryl methyl sites for hydroxylation is 1. The molecule has 1 aliphatic carbocycles. The van der Waals surface area contributed by atoms with E-state index in [1.54, 1.807) is 18.5 Å². The Balaban J connectivity index is 1.78. The van der Waals surface area contributed by atoms with Gasteiger partial charge in [0.1, 0.15) is 5.82 Å². The molecule has 31 heavy (non-hydrogen) atoms. The molecular weight excluding hydrogens is 401 g/mol. The number of nitrogens with one attached hydrogen (secondary N) is 1. The fraction of sp³-hybridized carbons (Fsp3) is 0.375. The van der Waals surface area contributed by atoms with Gasteiger partial charge in [-0.05, 0) is 60.9 Å². The molecule has 0 spiro atoms. The van der Waals surface area contributed by atoms with Crippen LogP contribution in [0.1, 0.15) is 44.0 Å². The maximum Gasteiger partial charge on any atom is 0.416 e. The zero-order valence-electron chi connectivity index (χ0n) is 17.8. The third-order valence-electron chi connectivity index (χ3n) is 5.87. The number of alkyl halides is 3. The lowest BCUT2D eigenvalue weighted by atomic mass is 9.71. The molecule has 1 aromatic carbocycles. The molecule has 1 N–H and O–H groups in total. The van der Waals surface area contributed by atoms with Gasteiger partial charge in [-0.3, -0.25) is 4.98 Å². The second-order valence-electron chi connectivity index (χ2n) is 9.07. The van der Waals surface area contributed by atoms with Crippen LogP contribution in [-0.2, 0) is 19.0 Å². The summed E-state index contributed by atoms with van der Waals surface area (Å²) in [5.41, 5.74) is 2.48. The van der Waals surface area contributed by atoms with E-state index in [9.17, 15) is 13.2 Å². The van der Waals surface area contributed by atoms with E-state index < -0.39 is 11.7 Å². The third kappa shape index (κ3) is 4.70. The summed E-state index contributed by atoms with van der Waals surface area (Å²) in [5, 5.41) is 3.16. The van der Waals surface area contributed by atoms with Crippen molar-refractivity contribution in [2.45, 2.75) is 46.2 Å². The molecule has 3 aromatic rings. The van der Waals surface area contributed by atoms with Gasteiger partial charge in [-0.1, -0.05) is 26.8 Å². The number of fused-ring (bicyclic) bond motifs is 1. The monoisotopic (exact) mass is 426 g/mol. The summed E-state index contributed by atoms with van der Waals surface area (Å²) >= 11 is 0. The van der Waals surface area contributed by atoms with Crippen LogP contribution in [0.2, 0.25) is 0 Å². The van der Waals surface area contributed by atoms with Crippen LogP contribution in [0.15, 0.2) is 48.8 Å². The molecule has 7 heteroatoms. The predicted octanol–water partition coefficient (Wildman–Crippen LogP) is 6.45. The molecule has 0 saturated heterocycles. The van der Waals surface area contributed by atoms with Crippen LogP contribution >= 0.6 is 0 Å². The van der Waals surface area contributed by atoms with E-state index in [-0.39, 0.29) is 5.41 Å². The zero-order chi connectivity index (χ0) is 22.2. The van der Waals surface area contributed by atoms with Crippen molar-refractivity contribution in [2.75, 3.05) is 5.32 Å². The minimum atomic E-state index is -4.40. The van der Waals surface area contributed by atoms with Gasteiger partial charge in [0.25, 0.3) is 0 Å².